The molecule has 1 aromatic heterocycles. The number of nitrogens with one attached hydrogen (secondary N) is 1. The molecule has 7 heteroatoms. The van der Waals surface area contributed by atoms with Gasteiger partial charge >= 0.3 is 0 Å². The lowest BCUT2D eigenvalue weighted by molar-refractivity contribution is 0.101. The Kier molecular flexibility index (Phi) is 5.50. The molecular formula is C23H19ClN4O2. The van der Waals surface area contributed by atoms with Crippen molar-refractivity contribution in [2.24, 2.45) is 0 Å². The predicted octanol–water partition coefficient (Wildman–Crippen LogP) is 5.16. The number of nitrogens with zero attached hydrogens (tertiary/aromatic N) is 3. The summed E-state index contributed by atoms with van der Waals surface area (Å²) in [5.74, 6) is 0.907. The molecule has 0 spiro atoms. The summed E-state index contributed by atoms with van der Waals surface area (Å²) < 4.78 is 6.77. The van der Waals surface area contributed by atoms with E-state index in [1.165, 1.54) is 0 Å². The van der Waals surface area contributed by atoms with Crippen LogP contribution in [0.4, 0.5) is 5.69 Å². The van der Waals surface area contributed by atoms with Crippen LogP contribution in [0.25, 0.3) is 17.1 Å². The van der Waals surface area contributed by atoms with Crippen molar-refractivity contribution < 1.29 is 9.53 Å². The third-order valence-electron chi connectivity index (χ3n) is 4.59. The van der Waals surface area contributed by atoms with Crippen LogP contribution in [0.2, 0.25) is 5.02 Å². The van der Waals surface area contributed by atoms with Crippen molar-refractivity contribution in [3.05, 3.63) is 89.2 Å². The van der Waals surface area contributed by atoms with Crippen molar-refractivity contribution in [3.63, 3.8) is 0 Å². The SMILES string of the molecule is COc1ccc(NC(=O)c2nc(-c3ccccc3)n(-c3ccc(C)c(Cl)c3)n2)cc1. The van der Waals surface area contributed by atoms with Gasteiger partial charge in [-0.05, 0) is 48.9 Å². The van der Waals surface area contributed by atoms with E-state index in [9.17, 15) is 4.79 Å². The van der Waals surface area contributed by atoms with Crippen LogP contribution in [0.1, 0.15) is 16.2 Å². The van der Waals surface area contributed by atoms with Crippen molar-refractivity contribution in [3.8, 4) is 22.8 Å². The molecule has 0 saturated heterocycles. The van der Waals surface area contributed by atoms with Crippen LogP contribution in [-0.4, -0.2) is 27.8 Å². The third kappa shape index (κ3) is 4.04. The number of methoxy groups -OCH3 is 1. The Hall–Kier alpha value is -3.64. The second-order valence-corrected chi connectivity index (χ2v) is 7.06. The Labute approximate surface area is 179 Å². The molecule has 0 atom stereocenters. The van der Waals surface area contributed by atoms with Crippen LogP contribution in [-0.2, 0) is 0 Å². The molecule has 30 heavy (non-hydrogen) atoms. The number of amides is 1. The van der Waals surface area contributed by atoms with Gasteiger partial charge in [-0.3, -0.25) is 4.79 Å². The van der Waals surface area contributed by atoms with Crippen LogP contribution in [0, 0.1) is 6.92 Å². The zero-order valence-electron chi connectivity index (χ0n) is 16.5. The molecule has 4 aromatic rings. The Morgan fingerprint density at radius 2 is 1.77 bits per heavy atom. The van der Waals surface area contributed by atoms with Crippen LogP contribution < -0.4 is 10.1 Å². The summed E-state index contributed by atoms with van der Waals surface area (Å²) in [7, 11) is 1.59. The normalized spacial score (nSPS) is 10.6. The maximum atomic E-state index is 12.8. The number of halogens is 1. The molecule has 1 heterocycles. The molecule has 0 aliphatic rings. The second-order valence-electron chi connectivity index (χ2n) is 6.65. The summed E-state index contributed by atoms with van der Waals surface area (Å²) in [5.41, 5.74) is 3.14. The monoisotopic (exact) mass is 418 g/mol. The first kappa shape index (κ1) is 19.7. The summed E-state index contributed by atoms with van der Waals surface area (Å²) in [6, 6.07) is 22.2. The van der Waals surface area contributed by atoms with Crippen molar-refractivity contribution in [1.29, 1.82) is 0 Å². The molecule has 0 unspecified atom stereocenters. The van der Waals surface area contributed by atoms with Crippen LogP contribution >= 0.6 is 11.6 Å². The van der Waals surface area contributed by atoms with Crippen molar-refractivity contribution in [2.75, 3.05) is 12.4 Å². The first-order valence-electron chi connectivity index (χ1n) is 9.29. The molecular weight excluding hydrogens is 400 g/mol. The second kappa shape index (κ2) is 8.39. The fraction of sp³-hybridized carbons (Fsp3) is 0.0870. The molecule has 0 aliphatic heterocycles. The zero-order valence-corrected chi connectivity index (χ0v) is 17.2. The standard InChI is InChI=1S/C23H19ClN4O2/c1-15-8-11-18(14-20(15)24)28-22(16-6-4-3-5-7-16)26-21(27-28)23(29)25-17-9-12-19(30-2)13-10-17/h3-14H,1-2H3,(H,25,29). The summed E-state index contributed by atoms with van der Waals surface area (Å²) in [6.07, 6.45) is 0. The Balaban J connectivity index is 1.72. The number of carbonyl (C=O) groups is 1. The molecule has 3 aromatic carbocycles. The van der Waals surface area contributed by atoms with Crippen molar-refractivity contribution in [2.45, 2.75) is 6.92 Å². The molecule has 1 amide bonds. The molecule has 4 rings (SSSR count). The molecule has 0 radical (unpaired) electrons. The van der Waals surface area contributed by atoms with Crippen molar-refractivity contribution in [1.82, 2.24) is 14.8 Å². The number of rotatable bonds is 5. The maximum absolute atomic E-state index is 12.8. The molecule has 0 aliphatic carbocycles. The predicted molar refractivity (Wildman–Crippen MR) is 117 cm³/mol. The largest absolute Gasteiger partial charge is 0.497 e. The number of benzene rings is 3. The number of aryl methyl sites for hydroxylation is 1. The quantitative estimate of drug-likeness (QED) is 0.486. The topological polar surface area (TPSA) is 69.0 Å². The molecule has 0 bridgehead atoms. The van der Waals surface area contributed by atoms with E-state index in [-0.39, 0.29) is 5.82 Å². The van der Waals surface area contributed by atoms with Gasteiger partial charge in [0, 0.05) is 16.3 Å². The van der Waals surface area contributed by atoms with E-state index in [4.69, 9.17) is 16.3 Å². The van der Waals surface area contributed by atoms with Crippen LogP contribution in [0.3, 0.4) is 0 Å². The minimum absolute atomic E-state index is 0.0568. The number of ether oxygens (including phenoxy) is 1. The van der Waals surface area contributed by atoms with E-state index < -0.39 is 5.91 Å². The Morgan fingerprint density at radius 3 is 2.43 bits per heavy atom. The van der Waals surface area contributed by atoms with E-state index >= 15 is 0 Å². The smallest absolute Gasteiger partial charge is 0.295 e. The summed E-state index contributed by atoms with van der Waals surface area (Å²) >= 11 is 6.31. The number of hydrogen-bond acceptors (Lipinski definition) is 4. The first-order chi connectivity index (χ1) is 14.5. The van der Waals surface area contributed by atoms with Crippen LogP contribution in [0.5, 0.6) is 5.75 Å². The fourth-order valence-corrected chi connectivity index (χ4v) is 3.11. The lowest BCUT2D eigenvalue weighted by Gasteiger charge is -2.07. The van der Waals surface area contributed by atoms with Gasteiger partial charge in [0.15, 0.2) is 5.82 Å². The fourth-order valence-electron chi connectivity index (χ4n) is 2.94. The Morgan fingerprint density at radius 1 is 1.03 bits per heavy atom. The van der Waals surface area contributed by atoms with Gasteiger partial charge in [0.1, 0.15) is 5.75 Å². The lowest BCUT2D eigenvalue weighted by Crippen LogP contribution is -2.14. The van der Waals surface area contributed by atoms with Crippen LogP contribution in [0.15, 0.2) is 72.8 Å². The van der Waals surface area contributed by atoms with E-state index in [0.29, 0.717) is 22.3 Å². The van der Waals surface area contributed by atoms with E-state index in [2.05, 4.69) is 15.4 Å². The van der Waals surface area contributed by atoms with Gasteiger partial charge in [0.25, 0.3) is 5.91 Å². The molecule has 1 N–H and O–H groups in total. The van der Waals surface area contributed by atoms with Gasteiger partial charge < -0.3 is 10.1 Å². The molecule has 0 fully saturated rings. The number of anilines is 1. The average Bonchev–Trinajstić information content (AvgIpc) is 3.22. The van der Waals surface area contributed by atoms with Gasteiger partial charge in [-0.15, -0.1) is 5.10 Å². The lowest BCUT2D eigenvalue weighted by atomic mass is 10.2. The van der Waals surface area contributed by atoms with Gasteiger partial charge in [0.2, 0.25) is 5.82 Å². The zero-order chi connectivity index (χ0) is 21.1. The van der Waals surface area contributed by atoms with Gasteiger partial charge in [-0.1, -0.05) is 48.0 Å². The average molecular weight is 419 g/mol. The number of aromatic nitrogens is 3. The summed E-state index contributed by atoms with van der Waals surface area (Å²) in [5, 5.41) is 7.90. The maximum Gasteiger partial charge on any atom is 0.295 e. The van der Waals surface area contributed by atoms with E-state index in [0.717, 1.165) is 16.8 Å². The summed E-state index contributed by atoms with van der Waals surface area (Å²) in [6.45, 7) is 1.93. The van der Waals surface area contributed by atoms with E-state index in [1.54, 1.807) is 36.1 Å². The van der Waals surface area contributed by atoms with E-state index in [1.807, 2.05) is 55.5 Å². The first-order valence-corrected chi connectivity index (χ1v) is 9.67. The molecule has 0 saturated carbocycles. The number of hydrogen-bond donors (Lipinski definition) is 1. The Bertz CT molecular complexity index is 1190. The minimum atomic E-state index is -0.408. The minimum Gasteiger partial charge on any atom is -0.497 e. The number of carbonyl (C=O) groups excluding carboxylic acids is 1. The molecule has 6 nitrogen and oxygen atoms in total. The van der Waals surface area contributed by atoms with Gasteiger partial charge in [0.05, 0.1) is 12.8 Å². The van der Waals surface area contributed by atoms with Gasteiger partial charge in [-0.25, -0.2) is 9.67 Å². The molecule has 150 valence electrons. The highest BCUT2D eigenvalue weighted by atomic mass is 35.5. The highest BCUT2D eigenvalue weighted by Crippen LogP contribution is 2.25. The third-order valence-corrected chi connectivity index (χ3v) is 5.00. The highest BCUT2D eigenvalue weighted by molar-refractivity contribution is 6.31. The van der Waals surface area contributed by atoms with Gasteiger partial charge in [-0.2, -0.15) is 0 Å². The summed E-state index contributed by atoms with van der Waals surface area (Å²) in [4.78, 5) is 17.3. The highest BCUT2D eigenvalue weighted by Gasteiger charge is 2.19. The van der Waals surface area contributed by atoms with Crippen molar-refractivity contribution >= 4 is 23.2 Å².